The Morgan fingerprint density at radius 1 is 1.28 bits per heavy atom. The number of imidazole rings is 1. The molecule has 1 aliphatic heterocycles. The smallest absolute Gasteiger partial charge is 0.152 e. The van der Waals surface area contributed by atoms with Crippen molar-refractivity contribution in [2.24, 2.45) is 12.8 Å². The van der Waals surface area contributed by atoms with Crippen molar-refractivity contribution in [3.63, 3.8) is 0 Å². The second kappa shape index (κ2) is 5.57. The van der Waals surface area contributed by atoms with Gasteiger partial charge in [0.1, 0.15) is 5.82 Å². The Labute approximate surface area is 114 Å². The molecule has 6 heteroatoms. The highest BCUT2D eigenvalue weighted by molar-refractivity contribution is 6.30. The fourth-order valence-corrected chi connectivity index (χ4v) is 2.89. The average Bonchev–Trinajstić information content (AvgIpc) is 2.59. The molecule has 0 aromatic carbocycles. The minimum atomic E-state index is 0.164. The lowest BCUT2D eigenvalue weighted by Gasteiger charge is -2.37. The number of halogens is 1. The molecule has 18 heavy (non-hydrogen) atoms. The second-order valence-electron chi connectivity index (χ2n) is 4.98. The summed E-state index contributed by atoms with van der Waals surface area (Å²) < 4.78 is 2.05. The van der Waals surface area contributed by atoms with E-state index >= 15 is 0 Å². The zero-order chi connectivity index (χ0) is 13.3. The van der Waals surface area contributed by atoms with Crippen molar-refractivity contribution in [2.75, 3.05) is 39.8 Å². The van der Waals surface area contributed by atoms with Crippen LogP contribution in [0.25, 0.3) is 0 Å². The molecule has 2 rings (SSSR count). The highest BCUT2D eigenvalue weighted by Crippen LogP contribution is 2.27. The molecule has 1 atom stereocenters. The molecular weight excluding hydrogens is 250 g/mol. The summed E-state index contributed by atoms with van der Waals surface area (Å²) >= 11 is 6.25. The molecule has 0 aliphatic carbocycles. The zero-order valence-corrected chi connectivity index (χ0v) is 12.1. The van der Waals surface area contributed by atoms with Crippen LogP contribution in [-0.2, 0) is 7.05 Å². The van der Waals surface area contributed by atoms with Crippen LogP contribution in [0, 0.1) is 6.92 Å². The summed E-state index contributed by atoms with van der Waals surface area (Å²) in [5.41, 5.74) is 7.01. The van der Waals surface area contributed by atoms with E-state index < -0.39 is 0 Å². The number of nitrogens with zero attached hydrogens (tertiary/aromatic N) is 4. The fraction of sp³-hybridized carbons (Fsp3) is 0.750. The molecule has 1 aromatic rings. The van der Waals surface area contributed by atoms with E-state index in [-0.39, 0.29) is 6.04 Å². The van der Waals surface area contributed by atoms with Gasteiger partial charge in [-0.2, -0.15) is 0 Å². The molecule has 1 saturated heterocycles. The highest BCUT2D eigenvalue weighted by Gasteiger charge is 2.27. The SMILES string of the molecule is Cc1nc(Cl)c(C(CN)N2CCN(C)CC2)n1C. The Balaban J connectivity index is 2.22. The number of likely N-dealkylation sites (N-methyl/N-ethyl adjacent to an activating group) is 1. The third-order valence-electron chi connectivity index (χ3n) is 3.84. The van der Waals surface area contributed by atoms with Crippen molar-refractivity contribution < 1.29 is 0 Å². The van der Waals surface area contributed by atoms with Gasteiger partial charge in [-0.25, -0.2) is 4.98 Å². The Morgan fingerprint density at radius 2 is 1.89 bits per heavy atom. The maximum atomic E-state index is 6.25. The fourth-order valence-electron chi connectivity index (χ4n) is 2.52. The summed E-state index contributed by atoms with van der Waals surface area (Å²) in [5.74, 6) is 0.933. The summed E-state index contributed by atoms with van der Waals surface area (Å²) in [7, 11) is 4.15. The van der Waals surface area contributed by atoms with Crippen molar-refractivity contribution >= 4 is 11.6 Å². The van der Waals surface area contributed by atoms with Gasteiger partial charge in [0.05, 0.1) is 11.7 Å². The van der Waals surface area contributed by atoms with Crippen molar-refractivity contribution in [3.05, 3.63) is 16.7 Å². The molecule has 0 spiro atoms. The van der Waals surface area contributed by atoms with E-state index in [9.17, 15) is 0 Å². The third kappa shape index (κ3) is 2.54. The van der Waals surface area contributed by atoms with Crippen LogP contribution in [-0.4, -0.2) is 59.1 Å². The lowest BCUT2D eigenvalue weighted by molar-refractivity contribution is 0.111. The van der Waals surface area contributed by atoms with E-state index in [2.05, 4.69) is 26.4 Å². The molecule has 2 heterocycles. The van der Waals surface area contributed by atoms with E-state index in [1.165, 1.54) is 0 Å². The maximum Gasteiger partial charge on any atom is 0.152 e. The van der Waals surface area contributed by atoms with Crippen LogP contribution in [0.2, 0.25) is 5.15 Å². The van der Waals surface area contributed by atoms with Gasteiger partial charge >= 0.3 is 0 Å². The summed E-state index contributed by atoms with van der Waals surface area (Å²) in [5, 5.41) is 0.587. The maximum absolute atomic E-state index is 6.25. The van der Waals surface area contributed by atoms with Crippen molar-refractivity contribution in [1.29, 1.82) is 0 Å². The largest absolute Gasteiger partial charge is 0.333 e. The minimum Gasteiger partial charge on any atom is -0.333 e. The molecule has 102 valence electrons. The van der Waals surface area contributed by atoms with Gasteiger partial charge < -0.3 is 15.2 Å². The molecule has 0 amide bonds. The molecular formula is C12H22ClN5. The lowest BCUT2D eigenvalue weighted by atomic mass is 10.1. The van der Waals surface area contributed by atoms with Crippen LogP contribution in [0.15, 0.2) is 0 Å². The summed E-state index contributed by atoms with van der Waals surface area (Å²) in [6, 6.07) is 0.164. The molecule has 1 aromatic heterocycles. The van der Waals surface area contributed by atoms with Crippen molar-refractivity contribution in [2.45, 2.75) is 13.0 Å². The topological polar surface area (TPSA) is 50.3 Å². The van der Waals surface area contributed by atoms with Gasteiger partial charge in [0.15, 0.2) is 5.15 Å². The molecule has 0 radical (unpaired) electrons. The van der Waals surface area contributed by atoms with Crippen molar-refractivity contribution in [3.8, 4) is 0 Å². The average molecular weight is 272 g/mol. The van der Waals surface area contributed by atoms with Crippen molar-refractivity contribution in [1.82, 2.24) is 19.4 Å². The Morgan fingerprint density at radius 3 is 2.33 bits per heavy atom. The van der Waals surface area contributed by atoms with Crippen LogP contribution < -0.4 is 5.73 Å². The monoisotopic (exact) mass is 271 g/mol. The minimum absolute atomic E-state index is 0.164. The number of aromatic nitrogens is 2. The van der Waals surface area contributed by atoms with E-state index in [1.807, 2.05) is 14.0 Å². The molecule has 1 aliphatic rings. The lowest BCUT2D eigenvalue weighted by Crippen LogP contribution is -2.48. The normalized spacial score (nSPS) is 20.3. The Kier molecular flexibility index (Phi) is 4.27. The quantitative estimate of drug-likeness (QED) is 0.876. The van der Waals surface area contributed by atoms with Gasteiger partial charge in [-0.3, -0.25) is 4.90 Å². The van der Waals surface area contributed by atoms with Crippen LogP contribution in [0.4, 0.5) is 0 Å². The standard InChI is InChI=1S/C12H22ClN5/c1-9-15-12(13)11(17(9)3)10(8-14)18-6-4-16(2)5-7-18/h10H,4-8,14H2,1-3H3. The number of aryl methyl sites for hydroxylation is 1. The first kappa shape index (κ1) is 13.8. The van der Waals surface area contributed by atoms with Gasteiger partial charge in [0, 0.05) is 39.8 Å². The molecule has 5 nitrogen and oxygen atoms in total. The van der Waals surface area contributed by atoms with Gasteiger partial charge in [-0.15, -0.1) is 0 Å². The molecule has 0 saturated carbocycles. The predicted molar refractivity (Wildman–Crippen MR) is 73.8 cm³/mol. The van der Waals surface area contributed by atoms with Crippen LogP contribution >= 0.6 is 11.6 Å². The number of hydrogen-bond donors (Lipinski definition) is 1. The number of rotatable bonds is 3. The van der Waals surface area contributed by atoms with E-state index in [4.69, 9.17) is 17.3 Å². The number of hydrogen-bond acceptors (Lipinski definition) is 4. The summed E-state index contributed by atoms with van der Waals surface area (Å²) in [6.45, 7) is 6.74. The summed E-state index contributed by atoms with van der Waals surface area (Å²) in [4.78, 5) is 9.06. The number of nitrogens with two attached hydrogens (primary N) is 1. The van der Waals surface area contributed by atoms with Gasteiger partial charge in [-0.1, -0.05) is 11.6 Å². The molecule has 2 N–H and O–H groups in total. The van der Waals surface area contributed by atoms with Gasteiger partial charge in [0.25, 0.3) is 0 Å². The molecule has 1 unspecified atom stereocenters. The van der Waals surface area contributed by atoms with E-state index in [1.54, 1.807) is 0 Å². The first-order chi connectivity index (χ1) is 8.54. The number of piperazine rings is 1. The predicted octanol–water partition coefficient (Wildman–Crippen LogP) is 0.629. The van der Waals surface area contributed by atoms with Gasteiger partial charge in [0.2, 0.25) is 0 Å². The van der Waals surface area contributed by atoms with Gasteiger partial charge in [-0.05, 0) is 14.0 Å². The molecule has 1 fully saturated rings. The molecule has 0 bridgehead atoms. The van der Waals surface area contributed by atoms with E-state index in [0.29, 0.717) is 11.7 Å². The third-order valence-corrected chi connectivity index (χ3v) is 4.11. The highest BCUT2D eigenvalue weighted by atomic mass is 35.5. The Bertz CT molecular complexity index is 409. The van der Waals surface area contributed by atoms with E-state index in [0.717, 1.165) is 37.7 Å². The summed E-state index contributed by atoms with van der Waals surface area (Å²) in [6.07, 6.45) is 0. The first-order valence-electron chi connectivity index (χ1n) is 6.36. The van der Waals surface area contributed by atoms with Crippen LogP contribution in [0.5, 0.6) is 0 Å². The zero-order valence-electron chi connectivity index (χ0n) is 11.4. The Hall–Kier alpha value is -0.620. The first-order valence-corrected chi connectivity index (χ1v) is 6.73. The van der Waals surface area contributed by atoms with Crippen LogP contribution in [0.3, 0.4) is 0 Å². The van der Waals surface area contributed by atoms with Crippen LogP contribution in [0.1, 0.15) is 17.6 Å². The second-order valence-corrected chi connectivity index (χ2v) is 5.34.